The van der Waals surface area contributed by atoms with Gasteiger partial charge in [-0.05, 0) is 36.8 Å². The maximum Gasteiger partial charge on any atom is 0.433 e. The summed E-state index contributed by atoms with van der Waals surface area (Å²) in [6, 6.07) is 5.83. The van der Waals surface area contributed by atoms with Crippen molar-refractivity contribution in [2.75, 3.05) is 5.32 Å². The molecular formula is C14H11ClF4N2. The van der Waals surface area contributed by atoms with E-state index in [0.717, 1.165) is 12.3 Å². The van der Waals surface area contributed by atoms with E-state index in [4.69, 9.17) is 11.6 Å². The molecule has 0 saturated heterocycles. The van der Waals surface area contributed by atoms with Gasteiger partial charge in [0.25, 0.3) is 0 Å². The first kappa shape index (κ1) is 15.6. The van der Waals surface area contributed by atoms with Crippen LogP contribution in [-0.4, -0.2) is 4.98 Å². The van der Waals surface area contributed by atoms with Crippen molar-refractivity contribution in [2.45, 2.75) is 19.1 Å². The van der Waals surface area contributed by atoms with Crippen molar-refractivity contribution in [3.05, 3.63) is 58.6 Å². The fraction of sp³-hybridized carbons (Fsp3) is 0.214. The Hall–Kier alpha value is -1.82. The van der Waals surface area contributed by atoms with Crippen molar-refractivity contribution in [1.82, 2.24) is 4.98 Å². The van der Waals surface area contributed by atoms with E-state index in [1.165, 1.54) is 24.3 Å². The van der Waals surface area contributed by atoms with Crippen LogP contribution in [0.25, 0.3) is 0 Å². The Labute approximate surface area is 123 Å². The molecule has 0 aliphatic carbocycles. The molecule has 1 heterocycles. The van der Waals surface area contributed by atoms with E-state index in [2.05, 4.69) is 10.3 Å². The van der Waals surface area contributed by atoms with E-state index in [0.29, 0.717) is 11.3 Å². The highest BCUT2D eigenvalue weighted by molar-refractivity contribution is 6.31. The van der Waals surface area contributed by atoms with Crippen LogP contribution in [0.15, 0.2) is 36.5 Å². The third-order valence-corrected chi connectivity index (χ3v) is 3.19. The summed E-state index contributed by atoms with van der Waals surface area (Å²) < 4.78 is 50.2. The number of rotatable bonds is 3. The Morgan fingerprint density at radius 2 is 1.90 bits per heavy atom. The molecule has 0 spiro atoms. The topological polar surface area (TPSA) is 24.9 Å². The summed E-state index contributed by atoms with van der Waals surface area (Å²) in [6.45, 7) is 1.76. The van der Waals surface area contributed by atoms with Crippen LogP contribution < -0.4 is 5.32 Å². The zero-order valence-electron chi connectivity index (χ0n) is 10.9. The fourth-order valence-electron chi connectivity index (χ4n) is 1.83. The molecule has 1 atom stereocenters. The lowest BCUT2D eigenvalue weighted by Gasteiger charge is -2.17. The number of alkyl halides is 3. The van der Waals surface area contributed by atoms with Crippen LogP contribution in [0.4, 0.5) is 23.2 Å². The Morgan fingerprint density at radius 1 is 1.19 bits per heavy atom. The van der Waals surface area contributed by atoms with E-state index in [1.54, 1.807) is 6.92 Å². The Bertz CT molecular complexity index is 626. The zero-order chi connectivity index (χ0) is 15.6. The average Bonchev–Trinajstić information content (AvgIpc) is 2.38. The lowest BCUT2D eigenvalue weighted by Crippen LogP contribution is -2.10. The van der Waals surface area contributed by atoms with Crippen molar-refractivity contribution in [3.63, 3.8) is 0 Å². The van der Waals surface area contributed by atoms with Gasteiger partial charge in [0.2, 0.25) is 0 Å². The minimum Gasteiger partial charge on any atom is -0.377 e. The van der Waals surface area contributed by atoms with E-state index in [-0.39, 0.29) is 11.1 Å². The van der Waals surface area contributed by atoms with E-state index in [1.807, 2.05) is 0 Å². The van der Waals surface area contributed by atoms with Crippen LogP contribution in [-0.2, 0) is 6.18 Å². The van der Waals surface area contributed by atoms with Crippen LogP contribution in [0.3, 0.4) is 0 Å². The fourth-order valence-corrected chi connectivity index (χ4v) is 2.16. The third-order valence-electron chi connectivity index (χ3n) is 2.87. The highest BCUT2D eigenvalue weighted by Crippen LogP contribution is 2.29. The SMILES string of the molecule is CC(Nc1ccc(C(F)(F)F)nc1)c1ccc(F)cc1Cl. The van der Waals surface area contributed by atoms with E-state index < -0.39 is 17.7 Å². The van der Waals surface area contributed by atoms with E-state index >= 15 is 0 Å². The predicted molar refractivity (Wildman–Crippen MR) is 72.7 cm³/mol. The second kappa shape index (κ2) is 5.89. The second-order valence-corrected chi connectivity index (χ2v) is 4.87. The smallest absolute Gasteiger partial charge is 0.377 e. The number of pyridine rings is 1. The van der Waals surface area contributed by atoms with Gasteiger partial charge in [-0.2, -0.15) is 13.2 Å². The molecule has 0 amide bonds. The molecule has 0 saturated carbocycles. The van der Waals surface area contributed by atoms with Gasteiger partial charge < -0.3 is 5.32 Å². The number of halogens is 5. The van der Waals surface area contributed by atoms with Gasteiger partial charge >= 0.3 is 6.18 Å². The summed E-state index contributed by atoms with van der Waals surface area (Å²) in [4.78, 5) is 3.35. The predicted octanol–water partition coefficient (Wildman–Crippen LogP) is 5.07. The second-order valence-electron chi connectivity index (χ2n) is 4.46. The zero-order valence-corrected chi connectivity index (χ0v) is 11.6. The number of hydrogen-bond donors (Lipinski definition) is 1. The van der Waals surface area contributed by atoms with Gasteiger partial charge in [-0.3, -0.25) is 0 Å². The van der Waals surface area contributed by atoms with Crippen LogP contribution in [0.5, 0.6) is 0 Å². The van der Waals surface area contributed by atoms with Crippen LogP contribution in [0, 0.1) is 5.82 Å². The molecule has 1 N–H and O–H groups in total. The molecule has 7 heteroatoms. The van der Waals surface area contributed by atoms with Crippen molar-refractivity contribution >= 4 is 17.3 Å². The van der Waals surface area contributed by atoms with Gasteiger partial charge in [0, 0.05) is 5.02 Å². The van der Waals surface area contributed by atoms with Crippen molar-refractivity contribution in [3.8, 4) is 0 Å². The summed E-state index contributed by atoms with van der Waals surface area (Å²) in [7, 11) is 0. The third kappa shape index (κ3) is 3.85. The molecule has 0 bridgehead atoms. The molecule has 2 nitrogen and oxygen atoms in total. The molecule has 1 aromatic heterocycles. The highest BCUT2D eigenvalue weighted by atomic mass is 35.5. The van der Waals surface area contributed by atoms with Crippen LogP contribution in [0.2, 0.25) is 5.02 Å². The first-order valence-corrected chi connectivity index (χ1v) is 6.40. The van der Waals surface area contributed by atoms with Gasteiger partial charge in [0.15, 0.2) is 0 Å². The minimum absolute atomic E-state index is 0.245. The molecule has 0 aliphatic rings. The molecule has 21 heavy (non-hydrogen) atoms. The first-order valence-electron chi connectivity index (χ1n) is 6.02. The monoisotopic (exact) mass is 318 g/mol. The molecule has 1 aromatic carbocycles. The number of benzene rings is 1. The van der Waals surface area contributed by atoms with Crippen LogP contribution in [0.1, 0.15) is 24.2 Å². The Balaban J connectivity index is 2.14. The summed E-state index contributed by atoms with van der Waals surface area (Å²) in [5.74, 6) is -0.452. The highest BCUT2D eigenvalue weighted by Gasteiger charge is 2.32. The molecule has 1 unspecified atom stereocenters. The van der Waals surface area contributed by atoms with Crippen molar-refractivity contribution in [1.29, 1.82) is 0 Å². The summed E-state index contributed by atoms with van der Waals surface area (Å²) in [5, 5.41) is 3.21. The molecule has 2 rings (SSSR count). The van der Waals surface area contributed by atoms with Crippen molar-refractivity contribution in [2.24, 2.45) is 0 Å². The largest absolute Gasteiger partial charge is 0.433 e. The minimum atomic E-state index is -4.47. The van der Waals surface area contributed by atoms with Gasteiger partial charge in [0.1, 0.15) is 11.5 Å². The average molecular weight is 319 g/mol. The van der Waals surface area contributed by atoms with Crippen LogP contribution >= 0.6 is 11.6 Å². The number of anilines is 1. The molecular weight excluding hydrogens is 308 g/mol. The quantitative estimate of drug-likeness (QED) is 0.800. The number of nitrogens with zero attached hydrogens (tertiary/aromatic N) is 1. The van der Waals surface area contributed by atoms with Gasteiger partial charge in [-0.25, -0.2) is 9.37 Å². The van der Waals surface area contributed by atoms with E-state index in [9.17, 15) is 17.6 Å². The van der Waals surface area contributed by atoms with Gasteiger partial charge in [-0.1, -0.05) is 17.7 Å². The summed E-state index contributed by atoms with van der Waals surface area (Å²) in [6.07, 6.45) is -3.37. The summed E-state index contributed by atoms with van der Waals surface area (Å²) in [5.41, 5.74) is 0.0920. The molecule has 112 valence electrons. The van der Waals surface area contributed by atoms with Gasteiger partial charge in [-0.15, -0.1) is 0 Å². The van der Waals surface area contributed by atoms with Crippen molar-refractivity contribution < 1.29 is 17.6 Å². The molecule has 0 radical (unpaired) electrons. The number of nitrogens with one attached hydrogen (secondary N) is 1. The first-order chi connectivity index (χ1) is 9.77. The molecule has 0 fully saturated rings. The normalized spacial score (nSPS) is 13.0. The Kier molecular flexibility index (Phi) is 4.37. The lowest BCUT2D eigenvalue weighted by atomic mass is 10.1. The number of aromatic nitrogens is 1. The standard InChI is InChI=1S/C14H11ClF4N2/c1-8(11-4-2-9(16)6-12(11)15)21-10-3-5-13(20-7-10)14(17,18)19/h2-8,21H,1H3. The maximum atomic E-state index is 13.0. The maximum absolute atomic E-state index is 13.0. The lowest BCUT2D eigenvalue weighted by molar-refractivity contribution is -0.141. The Morgan fingerprint density at radius 3 is 2.43 bits per heavy atom. The van der Waals surface area contributed by atoms with Gasteiger partial charge in [0.05, 0.1) is 17.9 Å². The molecule has 0 aliphatic heterocycles. The molecule has 2 aromatic rings. The number of hydrogen-bond acceptors (Lipinski definition) is 2. The summed E-state index contributed by atoms with van der Waals surface area (Å²) >= 11 is 5.93.